The number of carboxylic acids is 1. The van der Waals surface area contributed by atoms with Crippen molar-refractivity contribution in [1.82, 2.24) is 14.8 Å². The van der Waals surface area contributed by atoms with E-state index in [1.807, 2.05) is 34.9 Å². The van der Waals surface area contributed by atoms with Crippen molar-refractivity contribution in [2.45, 2.75) is 31.6 Å². The molecule has 0 spiro atoms. The fraction of sp³-hybridized carbons (Fsp3) is 0.400. The number of carbonyl (C=O) groups is 1. The predicted octanol–water partition coefficient (Wildman–Crippen LogP) is 2.63. The van der Waals surface area contributed by atoms with Gasteiger partial charge in [-0.25, -0.2) is 0 Å². The number of hydrogen-bond donors (Lipinski definition) is 1. The first kappa shape index (κ1) is 12.8. The van der Waals surface area contributed by atoms with Gasteiger partial charge in [0.05, 0.1) is 5.92 Å². The number of rotatable bonds is 3. The molecule has 5 nitrogen and oxygen atoms in total. The Hall–Kier alpha value is -2.17. The van der Waals surface area contributed by atoms with Crippen LogP contribution in [0.25, 0.3) is 5.69 Å². The average Bonchev–Trinajstić information content (AvgIpc) is 2.97. The molecule has 1 aliphatic carbocycles. The van der Waals surface area contributed by atoms with Gasteiger partial charge in [-0.2, -0.15) is 0 Å². The van der Waals surface area contributed by atoms with Crippen molar-refractivity contribution < 1.29 is 9.90 Å². The van der Waals surface area contributed by atoms with E-state index in [1.165, 1.54) is 0 Å². The van der Waals surface area contributed by atoms with Crippen molar-refractivity contribution >= 4 is 5.97 Å². The number of nitrogens with zero attached hydrogens (tertiary/aromatic N) is 3. The van der Waals surface area contributed by atoms with E-state index in [4.69, 9.17) is 0 Å². The summed E-state index contributed by atoms with van der Waals surface area (Å²) in [7, 11) is 0. The van der Waals surface area contributed by atoms with Gasteiger partial charge in [0, 0.05) is 11.6 Å². The van der Waals surface area contributed by atoms with Gasteiger partial charge in [-0.05, 0) is 25.0 Å². The van der Waals surface area contributed by atoms with Gasteiger partial charge in [0.25, 0.3) is 0 Å². The summed E-state index contributed by atoms with van der Waals surface area (Å²) in [4.78, 5) is 11.5. The Morgan fingerprint density at radius 3 is 2.70 bits per heavy atom. The molecular formula is C15H17N3O2. The molecule has 1 aromatic carbocycles. The van der Waals surface area contributed by atoms with Crippen molar-refractivity contribution in [2.75, 3.05) is 0 Å². The second-order valence-electron chi connectivity index (χ2n) is 5.23. The highest BCUT2D eigenvalue weighted by molar-refractivity contribution is 5.71. The van der Waals surface area contributed by atoms with Gasteiger partial charge in [0.2, 0.25) is 0 Å². The highest BCUT2D eigenvalue weighted by atomic mass is 16.4. The van der Waals surface area contributed by atoms with Crippen LogP contribution in [-0.4, -0.2) is 25.8 Å². The minimum Gasteiger partial charge on any atom is -0.481 e. The molecule has 5 heteroatoms. The molecule has 1 N–H and O–H groups in total. The predicted molar refractivity (Wildman–Crippen MR) is 73.7 cm³/mol. The number of hydrogen-bond acceptors (Lipinski definition) is 3. The van der Waals surface area contributed by atoms with Crippen LogP contribution < -0.4 is 0 Å². The van der Waals surface area contributed by atoms with E-state index < -0.39 is 5.97 Å². The van der Waals surface area contributed by atoms with E-state index in [0.29, 0.717) is 0 Å². The van der Waals surface area contributed by atoms with Gasteiger partial charge >= 0.3 is 5.97 Å². The number of carboxylic acid groups (broad SMARTS) is 1. The fourth-order valence-corrected chi connectivity index (χ4v) is 3.02. The summed E-state index contributed by atoms with van der Waals surface area (Å²) in [5, 5.41) is 17.6. The van der Waals surface area contributed by atoms with Crippen molar-refractivity contribution in [3.63, 3.8) is 0 Å². The number of benzene rings is 1. The summed E-state index contributed by atoms with van der Waals surface area (Å²) >= 11 is 0. The molecule has 2 atom stereocenters. The Morgan fingerprint density at radius 2 is 1.95 bits per heavy atom. The van der Waals surface area contributed by atoms with Crippen LogP contribution in [0.5, 0.6) is 0 Å². The largest absolute Gasteiger partial charge is 0.481 e. The lowest BCUT2D eigenvalue weighted by atomic mass is 9.78. The van der Waals surface area contributed by atoms with E-state index in [2.05, 4.69) is 10.2 Å². The summed E-state index contributed by atoms with van der Waals surface area (Å²) in [6, 6.07) is 9.81. The molecular weight excluding hydrogens is 254 g/mol. The first-order chi connectivity index (χ1) is 9.77. The molecule has 0 bridgehead atoms. The van der Waals surface area contributed by atoms with Crippen LogP contribution >= 0.6 is 0 Å². The van der Waals surface area contributed by atoms with Gasteiger partial charge in [-0.3, -0.25) is 9.36 Å². The molecule has 2 aromatic rings. The van der Waals surface area contributed by atoms with Gasteiger partial charge in [0.1, 0.15) is 12.2 Å². The zero-order valence-electron chi connectivity index (χ0n) is 11.1. The van der Waals surface area contributed by atoms with E-state index in [-0.39, 0.29) is 11.8 Å². The molecule has 2 unspecified atom stereocenters. The highest BCUT2D eigenvalue weighted by Crippen LogP contribution is 2.37. The van der Waals surface area contributed by atoms with Crippen LogP contribution in [0.4, 0.5) is 0 Å². The smallest absolute Gasteiger partial charge is 0.307 e. The maximum absolute atomic E-state index is 11.5. The molecule has 0 saturated heterocycles. The van der Waals surface area contributed by atoms with Crippen LogP contribution in [0, 0.1) is 5.92 Å². The lowest BCUT2D eigenvalue weighted by Crippen LogP contribution is -2.27. The molecule has 1 aromatic heterocycles. The second-order valence-corrected chi connectivity index (χ2v) is 5.23. The highest BCUT2D eigenvalue weighted by Gasteiger charge is 2.35. The summed E-state index contributed by atoms with van der Waals surface area (Å²) in [6.45, 7) is 0. The zero-order chi connectivity index (χ0) is 13.9. The van der Waals surface area contributed by atoms with Crippen LogP contribution in [0.15, 0.2) is 36.7 Å². The number of aromatic nitrogens is 3. The molecule has 0 aliphatic heterocycles. The van der Waals surface area contributed by atoms with Gasteiger partial charge in [0.15, 0.2) is 0 Å². The van der Waals surface area contributed by atoms with E-state index >= 15 is 0 Å². The molecule has 1 saturated carbocycles. The minimum atomic E-state index is -0.725. The average molecular weight is 271 g/mol. The zero-order valence-corrected chi connectivity index (χ0v) is 11.1. The van der Waals surface area contributed by atoms with Crippen molar-refractivity contribution in [1.29, 1.82) is 0 Å². The van der Waals surface area contributed by atoms with Crippen LogP contribution in [-0.2, 0) is 4.79 Å². The Bertz CT molecular complexity index is 594. The van der Waals surface area contributed by atoms with E-state index in [1.54, 1.807) is 6.33 Å². The molecule has 20 heavy (non-hydrogen) atoms. The van der Waals surface area contributed by atoms with Crippen LogP contribution in [0.2, 0.25) is 0 Å². The molecule has 3 rings (SSSR count). The van der Waals surface area contributed by atoms with Gasteiger partial charge in [-0.15, -0.1) is 10.2 Å². The Kier molecular flexibility index (Phi) is 3.50. The van der Waals surface area contributed by atoms with Crippen molar-refractivity contribution in [2.24, 2.45) is 5.92 Å². The quantitative estimate of drug-likeness (QED) is 0.931. The lowest BCUT2D eigenvalue weighted by molar-refractivity contribution is -0.143. The summed E-state index contributed by atoms with van der Waals surface area (Å²) in [5.74, 6) is -0.361. The van der Waals surface area contributed by atoms with Gasteiger partial charge < -0.3 is 5.11 Å². The molecule has 1 heterocycles. The van der Waals surface area contributed by atoms with Crippen LogP contribution in [0.3, 0.4) is 0 Å². The Balaban J connectivity index is 1.98. The van der Waals surface area contributed by atoms with Gasteiger partial charge in [-0.1, -0.05) is 31.0 Å². The summed E-state index contributed by atoms with van der Waals surface area (Å²) in [6.07, 6.45) is 5.28. The maximum atomic E-state index is 11.5. The lowest BCUT2D eigenvalue weighted by Gasteiger charge is -2.27. The third-order valence-corrected chi connectivity index (χ3v) is 4.02. The second kappa shape index (κ2) is 5.45. The first-order valence-electron chi connectivity index (χ1n) is 6.95. The molecule has 0 radical (unpaired) electrons. The molecule has 104 valence electrons. The first-order valence-corrected chi connectivity index (χ1v) is 6.95. The van der Waals surface area contributed by atoms with E-state index in [0.717, 1.165) is 37.2 Å². The summed E-state index contributed by atoms with van der Waals surface area (Å²) < 4.78 is 1.91. The summed E-state index contributed by atoms with van der Waals surface area (Å²) in [5.41, 5.74) is 0.974. The normalized spacial score (nSPS) is 22.6. The number of para-hydroxylation sites is 1. The molecule has 0 amide bonds. The third-order valence-electron chi connectivity index (χ3n) is 4.02. The standard InChI is InChI=1S/C15H17N3O2/c19-15(20)13-9-5-4-8-12(13)14-17-16-10-18(14)11-6-2-1-3-7-11/h1-3,6-7,10,12-13H,4-5,8-9H2,(H,19,20). The van der Waals surface area contributed by atoms with Crippen molar-refractivity contribution in [3.05, 3.63) is 42.5 Å². The molecule has 1 aliphatic rings. The van der Waals surface area contributed by atoms with Crippen LogP contribution in [0.1, 0.15) is 37.4 Å². The number of aliphatic carboxylic acids is 1. The molecule has 1 fully saturated rings. The topological polar surface area (TPSA) is 68.0 Å². The maximum Gasteiger partial charge on any atom is 0.307 e. The Morgan fingerprint density at radius 1 is 1.20 bits per heavy atom. The van der Waals surface area contributed by atoms with E-state index in [9.17, 15) is 9.90 Å². The minimum absolute atomic E-state index is 0.0519. The Labute approximate surface area is 117 Å². The monoisotopic (exact) mass is 271 g/mol. The third kappa shape index (κ3) is 2.31. The SMILES string of the molecule is O=C(O)C1CCCCC1c1nncn1-c1ccccc1. The van der Waals surface area contributed by atoms with Crippen molar-refractivity contribution in [3.8, 4) is 5.69 Å². The fourth-order valence-electron chi connectivity index (χ4n) is 3.02.